The van der Waals surface area contributed by atoms with Gasteiger partial charge in [0, 0.05) is 41.4 Å². The largest absolute Gasteiger partial charge is 0.336 e. The summed E-state index contributed by atoms with van der Waals surface area (Å²) in [5.74, 6) is -1.12. The molecule has 0 spiro atoms. The van der Waals surface area contributed by atoms with Gasteiger partial charge in [0.05, 0.1) is 16.8 Å². The van der Waals surface area contributed by atoms with E-state index in [1.165, 1.54) is 0 Å². The lowest BCUT2D eigenvalue weighted by molar-refractivity contribution is -0.135. The van der Waals surface area contributed by atoms with E-state index in [0.29, 0.717) is 35.7 Å². The highest BCUT2D eigenvalue weighted by Gasteiger charge is 2.42. The molecule has 0 radical (unpaired) electrons. The molecule has 7 nitrogen and oxygen atoms in total. The van der Waals surface area contributed by atoms with E-state index in [2.05, 4.69) is 10.2 Å². The Balaban J connectivity index is 1.40. The molecule has 1 unspecified atom stereocenters. The molecule has 2 aliphatic rings. The molecule has 1 N–H and O–H groups in total. The number of benzene rings is 2. The van der Waals surface area contributed by atoms with Crippen molar-refractivity contribution in [3.05, 3.63) is 75.9 Å². The first-order valence-electron chi connectivity index (χ1n) is 10.0. The molecule has 0 fully saturated rings. The number of aromatic nitrogens is 2. The summed E-state index contributed by atoms with van der Waals surface area (Å²) in [5.41, 5.74) is 4.21. The number of fused-ring (bicyclic) bond motifs is 2. The van der Waals surface area contributed by atoms with Crippen LogP contribution in [0.15, 0.2) is 48.5 Å². The van der Waals surface area contributed by atoms with Crippen molar-refractivity contribution in [2.75, 3.05) is 6.54 Å². The monoisotopic (exact) mass is 434 g/mol. The number of hydrogen-bond acceptors (Lipinski definition) is 4. The van der Waals surface area contributed by atoms with Gasteiger partial charge in [-0.25, -0.2) is 0 Å². The van der Waals surface area contributed by atoms with Crippen molar-refractivity contribution >= 4 is 29.3 Å². The molecule has 1 aromatic heterocycles. The number of nitrogens with zero attached hydrogens (tertiary/aromatic N) is 3. The highest BCUT2D eigenvalue weighted by Crippen LogP contribution is 2.31. The van der Waals surface area contributed by atoms with Gasteiger partial charge in [-0.2, -0.15) is 5.10 Å². The molecule has 5 rings (SSSR count). The Morgan fingerprint density at radius 1 is 1.10 bits per heavy atom. The summed E-state index contributed by atoms with van der Waals surface area (Å²) in [6.45, 7) is 2.43. The zero-order valence-corrected chi connectivity index (χ0v) is 17.5. The number of carbonyl (C=O) groups is 3. The minimum absolute atomic E-state index is 0.265. The summed E-state index contributed by atoms with van der Waals surface area (Å²) in [6.07, 6.45) is 0.615. The van der Waals surface area contributed by atoms with Crippen LogP contribution in [0.25, 0.3) is 11.3 Å². The van der Waals surface area contributed by atoms with E-state index in [1.807, 2.05) is 18.2 Å². The molecule has 156 valence electrons. The third kappa shape index (κ3) is 3.13. The van der Waals surface area contributed by atoms with Crippen molar-refractivity contribution in [2.24, 2.45) is 0 Å². The first kappa shape index (κ1) is 19.5. The van der Waals surface area contributed by atoms with Crippen LogP contribution >= 0.6 is 11.6 Å². The molecule has 2 aliphatic heterocycles. The van der Waals surface area contributed by atoms with E-state index in [4.69, 9.17) is 11.6 Å². The highest BCUT2D eigenvalue weighted by molar-refractivity contribution is 6.30. The Labute approximate surface area is 183 Å². The maximum Gasteiger partial charge on any atom is 0.262 e. The number of nitrogens with one attached hydrogen (secondary N) is 1. The zero-order valence-electron chi connectivity index (χ0n) is 16.8. The third-order valence-electron chi connectivity index (χ3n) is 5.91. The summed E-state index contributed by atoms with van der Waals surface area (Å²) in [4.78, 5) is 41.6. The number of carbonyl (C=O) groups excluding carboxylic acids is 3. The zero-order chi connectivity index (χ0) is 21.7. The van der Waals surface area contributed by atoms with Crippen LogP contribution in [-0.4, -0.2) is 50.3 Å². The predicted octanol–water partition coefficient (Wildman–Crippen LogP) is 3.30. The summed E-state index contributed by atoms with van der Waals surface area (Å²) >= 11 is 6.13. The first-order chi connectivity index (χ1) is 15.0. The normalized spacial score (nSPS) is 16.3. The number of aromatic amines is 1. The highest BCUT2D eigenvalue weighted by atomic mass is 35.5. The van der Waals surface area contributed by atoms with Crippen LogP contribution in [-0.2, 0) is 17.8 Å². The Morgan fingerprint density at radius 3 is 2.48 bits per heavy atom. The number of imide groups is 1. The molecule has 31 heavy (non-hydrogen) atoms. The van der Waals surface area contributed by atoms with Crippen molar-refractivity contribution in [2.45, 2.75) is 25.9 Å². The quantitative estimate of drug-likeness (QED) is 0.641. The summed E-state index contributed by atoms with van der Waals surface area (Å²) in [6, 6.07) is 13.2. The molecule has 1 atom stereocenters. The number of hydrogen-bond donors (Lipinski definition) is 1. The molecule has 2 aromatic carbocycles. The van der Waals surface area contributed by atoms with E-state index in [-0.39, 0.29) is 5.91 Å². The van der Waals surface area contributed by atoms with Gasteiger partial charge >= 0.3 is 0 Å². The Kier molecular flexibility index (Phi) is 4.63. The predicted molar refractivity (Wildman–Crippen MR) is 115 cm³/mol. The fourth-order valence-corrected chi connectivity index (χ4v) is 4.48. The number of amides is 3. The van der Waals surface area contributed by atoms with E-state index < -0.39 is 17.9 Å². The Morgan fingerprint density at radius 2 is 1.81 bits per heavy atom. The molecule has 0 aliphatic carbocycles. The van der Waals surface area contributed by atoms with Gasteiger partial charge in [0.2, 0.25) is 5.91 Å². The minimum Gasteiger partial charge on any atom is -0.336 e. The fraction of sp³-hybridized carbons (Fsp3) is 0.217. The van der Waals surface area contributed by atoms with Crippen LogP contribution in [0.4, 0.5) is 0 Å². The van der Waals surface area contributed by atoms with Crippen LogP contribution in [0, 0.1) is 0 Å². The lowest BCUT2D eigenvalue weighted by Gasteiger charge is -2.32. The number of halogens is 1. The second-order valence-corrected chi connectivity index (χ2v) is 8.19. The fourth-order valence-electron chi connectivity index (χ4n) is 4.29. The smallest absolute Gasteiger partial charge is 0.262 e. The SMILES string of the molecule is CC(C(=O)N1CCc2[nH]nc(-c3cccc(Cl)c3)c2C1)N1C(=O)c2ccccc2C1=O. The first-order valence-corrected chi connectivity index (χ1v) is 10.4. The summed E-state index contributed by atoms with van der Waals surface area (Å²) < 4.78 is 0. The molecule has 3 aromatic rings. The van der Waals surface area contributed by atoms with Gasteiger partial charge in [-0.1, -0.05) is 35.9 Å². The minimum atomic E-state index is -0.893. The average molecular weight is 435 g/mol. The van der Waals surface area contributed by atoms with Gasteiger partial charge in [-0.05, 0) is 31.2 Å². The van der Waals surface area contributed by atoms with E-state index in [1.54, 1.807) is 42.2 Å². The molecular formula is C23H19ClN4O3. The van der Waals surface area contributed by atoms with Gasteiger partial charge in [-0.15, -0.1) is 0 Å². The molecule has 0 saturated heterocycles. The number of rotatable bonds is 3. The topological polar surface area (TPSA) is 86.4 Å². The second-order valence-electron chi connectivity index (χ2n) is 7.75. The molecule has 3 amide bonds. The van der Waals surface area contributed by atoms with E-state index in [0.717, 1.165) is 27.4 Å². The van der Waals surface area contributed by atoms with Crippen LogP contribution in [0.2, 0.25) is 5.02 Å². The van der Waals surface area contributed by atoms with Gasteiger partial charge < -0.3 is 4.90 Å². The Hall–Kier alpha value is -3.45. The van der Waals surface area contributed by atoms with E-state index in [9.17, 15) is 14.4 Å². The van der Waals surface area contributed by atoms with Crippen LogP contribution in [0.1, 0.15) is 38.9 Å². The van der Waals surface area contributed by atoms with Gasteiger partial charge in [-0.3, -0.25) is 24.4 Å². The maximum absolute atomic E-state index is 13.3. The number of H-pyrrole nitrogens is 1. The molecule has 8 heteroatoms. The van der Waals surface area contributed by atoms with Crippen molar-refractivity contribution in [3.63, 3.8) is 0 Å². The van der Waals surface area contributed by atoms with Crippen LogP contribution < -0.4 is 0 Å². The van der Waals surface area contributed by atoms with Gasteiger partial charge in [0.25, 0.3) is 11.8 Å². The standard InChI is InChI=1S/C23H19ClN4O3/c1-13(28-22(30)16-7-2-3-8-17(16)23(28)31)21(29)27-10-9-19-18(12-27)20(26-25-19)14-5-4-6-15(24)11-14/h2-8,11,13H,9-10,12H2,1H3,(H,25,26). The molecular weight excluding hydrogens is 416 g/mol. The summed E-state index contributed by atoms with van der Waals surface area (Å²) in [5, 5.41) is 8.11. The van der Waals surface area contributed by atoms with Crippen LogP contribution in [0.3, 0.4) is 0 Å². The molecule has 0 bridgehead atoms. The lowest BCUT2D eigenvalue weighted by Crippen LogP contribution is -2.50. The molecule has 0 saturated carbocycles. The van der Waals surface area contributed by atoms with Crippen molar-refractivity contribution in [3.8, 4) is 11.3 Å². The Bertz CT molecular complexity index is 1200. The van der Waals surface area contributed by atoms with Crippen molar-refractivity contribution in [1.82, 2.24) is 20.0 Å². The van der Waals surface area contributed by atoms with Crippen molar-refractivity contribution < 1.29 is 14.4 Å². The van der Waals surface area contributed by atoms with Gasteiger partial charge in [0.1, 0.15) is 6.04 Å². The van der Waals surface area contributed by atoms with Crippen molar-refractivity contribution in [1.29, 1.82) is 0 Å². The molecule has 3 heterocycles. The summed E-state index contributed by atoms with van der Waals surface area (Å²) in [7, 11) is 0. The van der Waals surface area contributed by atoms with Crippen LogP contribution in [0.5, 0.6) is 0 Å². The van der Waals surface area contributed by atoms with Gasteiger partial charge in [0.15, 0.2) is 0 Å². The lowest BCUT2D eigenvalue weighted by atomic mass is 10.0. The van der Waals surface area contributed by atoms with E-state index >= 15 is 0 Å². The second kappa shape index (κ2) is 7.35. The average Bonchev–Trinajstić information content (AvgIpc) is 3.31. The maximum atomic E-state index is 13.3. The third-order valence-corrected chi connectivity index (χ3v) is 6.15.